The van der Waals surface area contributed by atoms with Gasteiger partial charge in [-0.1, -0.05) is 12.1 Å². The molecule has 7 nitrogen and oxygen atoms in total. The van der Waals surface area contributed by atoms with Crippen molar-refractivity contribution in [2.24, 2.45) is 12.8 Å². The second-order valence-electron chi connectivity index (χ2n) is 4.79. The number of sulfonamides is 1. The first-order valence-electron chi connectivity index (χ1n) is 6.56. The highest BCUT2D eigenvalue weighted by atomic mass is 32.2. The normalized spacial score (nSPS) is 11.8. The van der Waals surface area contributed by atoms with Crippen LogP contribution in [0.5, 0.6) is 0 Å². The van der Waals surface area contributed by atoms with E-state index in [9.17, 15) is 8.42 Å². The molecule has 0 aliphatic rings. The first kappa shape index (κ1) is 15.6. The number of benzene rings is 1. The van der Waals surface area contributed by atoms with E-state index in [4.69, 9.17) is 5.73 Å². The van der Waals surface area contributed by atoms with E-state index in [-0.39, 0.29) is 11.4 Å². The summed E-state index contributed by atoms with van der Waals surface area (Å²) in [5, 5.41) is 4.10. The molecule has 0 unspecified atom stereocenters. The summed E-state index contributed by atoms with van der Waals surface area (Å²) in [5.41, 5.74) is 7.03. The maximum atomic E-state index is 12.3. The monoisotopic (exact) mass is 309 g/mol. The van der Waals surface area contributed by atoms with Gasteiger partial charge in [0.15, 0.2) is 5.82 Å². The molecule has 1 heterocycles. The van der Waals surface area contributed by atoms with E-state index in [1.807, 2.05) is 6.07 Å². The number of nitrogens with two attached hydrogens (primary N) is 1. The zero-order valence-electron chi connectivity index (χ0n) is 12.1. The minimum atomic E-state index is -3.55. The fraction of sp³-hybridized carbons (Fsp3) is 0.385. The average Bonchev–Trinajstić information content (AvgIpc) is 2.84. The number of nitrogens with zero attached hydrogens (tertiary/aromatic N) is 3. The van der Waals surface area contributed by atoms with E-state index in [2.05, 4.69) is 14.8 Å². The van der Waals surface area contributed by atoms with E-state index >= 15 is 0 Å². The number of aryl methyl sites for hydroxylation is 2. The zero-order valence-corrected chi connectivity index (χ0v) is 12.9. The summed E-state index contributed by atoms with van der Waals surface area (Å²) < 4.78 is 28.8. The highest BCUT2D eigenvalue weighted by molar-refractivity contribution is 7.89. The fourth-order valence-corrected chi connectivity index (χ4v) is 3.26. The Morgan fingerprint density at radius 1 is 1.38 bits per heavy atom. The molecule has 0 saturated heterocycles. The van der Waals surface area contributed by atoms with Gasteiger partial charge < -0.3 is 5.73 Å². The molecular formula is C13H19N5O2S. The number of hydrogen-bond acceptors (Lipinski definition) is 5. The van der Waals surface area contributed by atoms with Crippen molar-refractivity contribution in [2.75, 3.05) is 6.54 Å². The molecule has 0 amide bonds. The molecule has 8 heteroatoms. The summed E-state index contributed by atoms with van der Waals surface area (Å²) >= 11 is 0. The maximum absolute atomic E-state index is 12.3. The van der Waals surface area contributed by atoms with Crippen molar-refractivity contribution in [2.45, 2.75) is 24.8 Å². The van der Waals surface area contributed by atoms with E-state index in [0.29, 0.717) is 24.4 Å². The summed E-state index contributed by atoms with van der Waals surface area (Å²) in [6.45, 7) is 2.31. The molecule has 0 bridgehead atoms. The van der Waals surface area contributed by atoms with Crippen molar-refractivity contribution in [1.29, 1.82) is 0 Å². The van der Waals surface area contributed by atoms with E-state index in [1.54, 1.807) is 37.1 Å². The van der Waals surface area contributed by atoms with Crippen LogP contribution in [0.3, 0.4) is 0 Å². The maximum Gasteiger partial charge on any atom is 0.240 e. The van der Waals surface area contributed by atoms with Crippen LogP contribution in [0.1, 0.15) is 17.0 Å². The van der Waals surface area contributed by atoms with E-state index in [0.717, 1.165) is 5.56 Å². The van der Waals surface area contributed by atoms with Gasteiger partial charge in [0.2, 0.25) is 10.0 Å². The van der Waals surface area contributed by atoms with Gasteiger partial charge in [-0.15, -0.1) is 0 Å². The number of hydrogen-bond donors (Lipinski definition) is 2. The van der Waals surface area contributed by atoms with Crippen LogP contribution in [0.2, 0.25) is 0 Å². The first-order chi connectivity index (χ1) is 9.92. The Morgan fingerprint density at radius 3 is 2.76 bits per heavy atom. The highest BCUT2D eigenvalue weighted by Crippen LogP contribution is 2.16. The van der Waals surface area contributed by atoms with Crippen LogP contribution < -0.4 is 10.5 Å². The van der Waals surface area contributed by atoms with Crippen LogP contribution in [-0.2, 0) is 30.0 Å². The SMILES string of the molecule is Cc1ccc(CN)cc1S(=O)(=O)NCCc1ncn(C)n1. The van der Waals surface area contributed by atoms with Gasteiger partial charge in [0.1, 0.15) is 6.33 Å². The molecule has 2 aromatic rings. The van der Waals surface area contributed by atoms with Crippen molar-refractivity contribution in [3.05, 3.63) is 41.5 Å². The van der Waals surface area contributed by atoms with Gasteiger partial charge in [-0.3, -0.25) is 4.68 Å². The smallest absolute Gasteiger partial charge is 0.240 e. The zero-order chi connectivity index (χ0) is 15.5. The molecule has 1 aromatic carbocycles. The molecular weight excluding hydrogens is 290 g/mol. The van der Waals surface area contributed by atoms with Gasteiger partial charge in [-0.05, 0) is 24.1 Å². The fourth-order valence-electron chi connectivity index (χ4n) is 1.93. The Balaban J connectivity index is 2.07. The standard InChI is InChI=1S/C13H19N5O2S/c1-10-3-4-11(8-14)7-12(10)21(19,20)16-6-5-13-15-9-18(2)17-13/h3-4,7,9,16H,5-6,8,14H2,1-2H3. The predicted octanol–water partition coefficient (Wildman–Crippen LogP) is 0.103. The molecule has 114 valence electrons. The van der Waals surface area contributed by atoms with Crippen LogP contribution in [0, 0.1) is 6.92 Å². The molecule has 0 fully saturated rings. The minimum absolute atomic E-state index is 0.249. The molecule has 0 spiro atoms. The lowest BCUT2D eigenvalue weighted by atomic mass is 10.1. The number of rotatable bonds is 6. The molecule has 0 aliphatic heterocycles. The highest BCUT2D eigenvalue weighted by Gasteiger charge is 2.17. The lowest BCUT2D eigenvalue weighted by Crippen LogP contribution is -2.27. The molecule has 0 aliphatic carbocycles. The van der Waals surface area contributed by atoms with Gasteiger partial charge in [0.05, 0.1) is 4.90 Å². The molecule has 3 N–H and O–H groups in total. The van der Waals surface area contributed by atoms with Gasteiger partial charge in [0.25, 0.3) is 0 Å². The summed E-state index contributed by atoms with van der Waals surface area (Å²) in [4.78, 5) is 4.32. The van der Waals surface area contributed by atoms with Crippen molar-refractivity contribution >= 4 is 10.0 Å². The molecule has 2 rings (SSSR count). The third-order valence-corrected chi connectivity index (χ3v) is 4.67. The summed E-state index contributed by atoms with van der Waals surface area (Å²) in [5.74, 6) is 0.604. The van der Waals surface area contributed by atoms with Crippen LogP contribution in [-0.4, -0.2) is 29.7 Å². The van der Waals surface area contributed by atoms with Crippen molar-refractivity contribution in [1.82, 2.24) is 19.5 Å². The Bertz CT molecular complexity index is 724. The van der Waals surface area contributed by atoms with E-state index < -0.39 is 10.0 Å². The third kappa shape index (κ3) is 3.87. The minimum Gasteiger partial charge on any atom is -0.326 e. The van der Waals surface area contributed by atoms with Gasteiger partial charge in [0, 0.05) is 26.6 Å². The van der Waals surface area contributed by atoms with Crippen molar-refractivity contribution in [3.63, 3.8) is 0 Å². The summed E-state index contributed by atoms with van der Waals surface area (Å²) in [7, 11) is -1.79. The van der Waals surface area contributed by atoms with Crippen LogP contribution in [0.15, 0.2) is 29.4 Å². The Morgan fingerprint density at radius 2 is 2.14 bits per heavy atom. The second-order valence-corrected chi connectivity index (χ2v) is 6.52. The Labute approximate surface area is 124 Å². The van der Waals surface area contributed by atoms with Gasteiger partial charge in [-0.25, -0.2) is 18.1 Å². The molecule has 0 atom stereocenters. The Kier molecular flexibility index (Phi) is 4.71. The predicted molar refractivity (Wildman–Crippen MR) is 79.0 cm³/mol. The van der Waals surface area contributed by atoms with Crippen LogP contribution in [0.4, 0.5) is 0 Å². The Hall–Kier alpha value is -1.77. The third-order valence-electron chi connectivity index (χ3n) is 3.07. The van der Waals surface area contributed by atoms with Gasteiger partial charge in [-0.2, -0.15) is 5.10 Å². The molecule has 1 aromatic heterocycles. The summed E-state index contributed by atoms with van der Waals surface area (Å²) in [6, 6.07) is 5.19. The van der Waals surface area contributed by atoms with Gasteiger partial charge >= 0.3 is 0 Å². The van der Waals surface area contributed by atoms with E-state index in [1.165, 1.54) is 0 Å². The lowest BCUT2D eigenvalue weighted by molar-refractivity contribution is 0.580. The summed E-state index contributed by atoms with van der Waals surface area (Å²) in [6.07, 6.45) is 2.02. The molecule has 0 saturated carbocycles. The number of aromatic nitrogens is 3. The van der Waals surface area contributed by atoms with Crippen LogP contribution in [0.25, 0.3) is 0 Å². The van der Waals surface area contributed by atoms with Crippen LogP contribution >= 0.6 is 0 Å². The quantitative estimate of drug-likeness (QED) is 0.788. The first-order valence-corrected chi connectivity index (χ1v) is 8.04. The molecule has 0 radical (unpaired) electrons. The number of nitrogens with one attached hydrogen (secondary N) is 1. The topological polar surface area (TPSA) is 103 Å². The second kappa shape index (κ2) is 6.33. The molecule has 21 heavy (non-hydrogen) atoms. The van der Waals surface area contributed by atoms with Crippen molar-refractivity contribution in [3.8, 4) is 0 Å². The lowest BCUT2D eigenvalue weighted by Gasteiger charge is -2.10. The largest absolute Gasteiger partial charge is 0.326 e. The van der Waals surface area contributed by atoms with Crippen molar-refractivity contribution < 1.29 is 8.42 Å². The average molecular weight is 309 g/mol.